The standard InChI is InChI=1S/C19H22N6O/c1-13-22-15(11-18(20)23-13)17-7-4-9-25(17)19(26)8-10-24-12-21-14-5-2-3-6-16(14)24/h2-3,5-6,11-12,17H,4,7-10H2,1H3,(H2,20,22,23). The highest BCUT2D eigenvalue weighted by Crippen LogP contribution is 2.32. The van der Waals surface area contributed by atoms with Crippen LogP contribution in [-0.4, -0.2) is 36.9 Å². The summed E-state index contributed by atoms with van der Waals surface area (Å²) >= 11 is 0. The molecule has 7 nitrogen and oxygen atoms in total. The van der Waals surface area contributed by atoms with E-state index in [9.17, 15) is 4.79 Å². The lowest BCUT2D eigenvalue weighted by molar-refractivity contribution is -0.132. The van der Waals surface area contributed by atoms with Gasteiger partial charge in [-0.15, -0.1) is 0 Å². The summed E-state index contributed by atoms with van der Waals surface area (Å²) in [7, 11) is 0. The predicted octanol–water partition coefficient (Wildman–Crippen LogP) is 2.47. The lowest BCUT2D eigenvalue weighted by Crippen LogP contribution is -2.31. The number of nitrogens with two attached hydrogens (primary N) is 1. The average Bonchev–Trinajstić information content (AvgIpc) is 3.26. The van der Waals surface area contributed by atoms with Gasteiger partial charge in [0.05, 0.1) is 29.1 Å². The number of carbonyl (C=O) groups excluding carboxylic acids is 1. The van der Waals surface area contributed by atoms with Crippen molar-refractivity contribution in [2.75, 3.05) is 12.3 Å². The van der Waals surface area contributed by atoms with Crippen molar-refractivity contribution in [1.82, 2.24) is 24.4 Å². The third-order valence-electron chi connectivity index (χ3n) is 4.89. The van der Waals surface area contributed by atoms with Gasteiger partial charge in [-0.3, -0.25) is 4.79 Å². The zero-order chi connectivity index (χ0) is 18.1. The van der Waals surface area contributed by atoms with Crippen molar-refractivity contribution >= 4 is 22.8 Å². The summed E-state index contributed by atoms with van der Waals surface area (Å²) in [5.41, 5.74) is 8.70. The zero-order valence-corrected chi connectivity index (χ0v) is 14.8. The van der Waals surface area contributed by atoms with Crippen LogP contribution in [0.25, 0.3) is 11.0 Å². The summed E-state index contributed by atoms with van der Waals surface area (Å²) in [5, 5.41) is 0. The van der Waals surface area contributed by atoms with Crippen LogP contribution in [0.2, 0.25) is 0 Å². The molecule has 1 aliphatic heterocycles. The quantitative estimate of drug-likeness (QED) is 0.781. The van der Waals surface area contributed by atoms with Crippen LogP contribution < -0.4 is 5.73 Å². The first-order valence-corrected chi connectivity index (χ1v) is 8.92. The molecule has 0 aliphatic carbocycles. The molecular formula is C19H22N6O. The van der Waals surface area contributed by atoms with Gasteiger partial charge in [0.25, 0.3) is 0 Å². The van der Waals surface area contributed by atoms with E-state index in [0.717, 1.165) is 36.1 Å². The number of hydrogen-bond donors (Lipinski definition) is 1. The molecular weight excluding hydrogens is 328 g/mol. The van der Waals surface area contributed by atoms with Crippen LogP contribution in [0, 0.1) is 6.92 Å². The van der Waals surface area contributed by atoms with Crippen molar-refractivity contribution in [1.29, 1.82) is 0 Å². The molecule has 1 unspecified atom stereocenters. The number of imidazole rings is 1. The molecule has 3 heterocycles. The third kappa shape index (κ3) is 3.12. The maximum atomic E-state index is 12.8. The Morgan fingerprint density at radius 1 is 1.31 bits per heavy atom. The monoisotopic (exact) mass is 350 g/mol. The molecule has 0 radical (unpaired) electrons. The second-order valence-corrected chi connectivity index (χ2v) is 6.69. The van der Waals surface area contributed by atoms with Crippen LogP contribution in [0.5, 0.6) is 0 Å². The highest BCUT2D eigenvalue weighted by molar-refractivity contribution is 5.78. The van der Waals surface area contributed by atoms with Gasteiger partial charge in [-0.25, -0.2) is 15.0 Å². The number of rotatable bonds is 4. The summed E-state index contributed by atoms with van der Waals surface area (Å²) in [5.74, 6) is 1.24. The number of para-hydroxylation sites is 2. The van der Waals surface area contributed by atoms with Crippen molar-refractivity contribution in [2.24, 2.45) is 0 Å². The normalized spacial score (nSPS) is 17.1. The summed E-state index contributed by atoms with van der Waals surface area (Å²) < 4.78 is 2.03. The van der Waals surface area contributed by atoms with E-state index in [2.05, 4.69) is 15.0 Å². The topological polar surface area (TPSA) is 89.9 Å². The number of carbonyl (C=O) groups is 1. The van der Waals surface area contributed by atoms with Gasteiger partial charge in [-0.2, -0.15) is 0 Å². The second-order valence-electron chi connectivity index (χ2n) is 6.69. The molecule has 1 aromatic carbocycles. The molecule has 1 amide bonds. The Morgan fingerprint density at radius 2 is 2.15 bits per heavy atom. The van der Waals surface area contributed by atoms with Crippen LogP contribution in [0.1, 0.15) is 36.8 Å². The van der Waals surface area contributed by atoms with Crippen LogP contribution >= 0.6 is 0 Å². The molecule has 26 heavy (non-hydrogen) atoms. The number of nitrogen functional groups attached to an aromatic ring is 1. The van der Waals surface area contributed by atoms with E-state index >= 15 is 0 Å². The lowest BCUT2D eigenvalue weighted by atomic mass is 10.1. The Kier molecular flexibility index (Phi) is 4.28. The zero-order valence-electron chi connectivity index (χ0n) is 14.8. The highest BCUT2D eigenvalue weighted by atomic mass is 16.2. The first-order valence-electron chi connectivity index (χ1n) is 8.92. The van der Waals surface area contributed by atoms with E-state index < -0.39 is 0 Å². The van der Waals surface area contributed by atoms with Gasteiger partial charge in [0.2, 0.25) is 5.91 Å². The van der Waals surface area contributed by atoms with E-state index in [1.807, 2.05) is 40.7 Å². The molecule has 0 spiro atoms. The van der Waals surface area contributed by atoms with Crippen molar-refractivity contribution in [2.45, 2.75) is 38.8 Å². The molecule has 1 saturated heterocycles. The molecule has 2 N–H and O–H groups in total. The number of aromatic nitrogens is 4. The minimum absolute atomic E-state index is 0.00830. The van der Waals surface area contributed by atoms with Crippen molar-refractivity contribution in [3.8, 4) is 0 Å². The van der Waals surface area contributed by atoms with Crippen LogP contribution in [0.15, 0.2) is 36.7 Å². The molecule has 0 bridgehead atoms. The second kappa shape index (κ2) is 6.74. The molecule has 134 valence electrons. The minimum atomic E-state index is -0.00830. The summed E-state index contributed by atoms with van der Waals surface area (Å²) in [6.07, 6.45) is 4.13. The first-order chi connectivity index (χ1) is 12.6. The van der Waals surface area contributed by atoms with Crippen molar-refractivity contribution in [3.63, 3.8) is 0 Å². The summed E-state index contributed by atoms with van der Waals surface area (Å²) in [6.45, 7) is 3.20. The van der Waals surface area contributed by atoms with Gasteiger partial charge < -0.3 is 15.2 Å². The summed E-state index contributed by atoms with van der Waals surface area (Å²) in [4.78, 5) is 27.8. The third-order valence-corrected chi connectivity index (χ3v) is 4.89. The largest absolute Gasteiger partial charge is 0.384 e. The smallest absolute Gasteiger partial charge is 0.224 e. The van der Waals surface area contributed by atoms with Crippen molar-refractivity contribution in [3.05, 3.63) is 48.2 Å². The molecule has 7 heteroatoms. The average molecular weight is 350 g/mol. The Hall–Kier alpha value is -2.96. The molecule has 1 atom stereocenters. The molecule has 1 aliphatic rings. The summed E-state index contributed by atoms with van der Waals surface area (Å²) in [6, 6.07) is 9.73. The van der Waals surface area contributed by atoms with E-state index in [-0.39, 0.29) is 11.9 Å². The van der Waals surface area contributed by atoms with E-state index in [0.29, 0.717) is 24.6 Å². The van der Waals surface area contributed by atoms with Gasteiger partial charge in [0.1, 0.15) is 11.6 Å². The van der Waals surface area contributed by atoms with Gasteiger partial charge in [0, 0.05) is 25.6 Å². The number of benzene rings is 1. The number of amides is 1. The minimum Gasteiger partial charge on any atom is -0.384 e. The molecule has 4 rings (SSSR count). The number of aryl methyl sites for hydroxylation is 2. The van der Waals surface area contributed by atoms with E-state index in [1.54, 1.807) is 12.4 Å². The fraction of sp³-hybridized carbons (Fsp3) is 0.368. The number of hydrogen-bond acceptors (Lipinski definition) is 5. The van der Waals surface area contributed by atoms with Gasteiger partial charge >= 0.3 is 0 Å². The van der Waals surface area contributed by atoms with E-state index in [4.69, 9.17) is 5.73 Å². The Labute approximate surface area is 151 Å². The Balaban J connectivity index is 1.48. The maximum absolute atomic E-state index is 12.8. The maximum Gasteiger partial charge on any atom is 0.224 e. The molecule has 3 aromatic rings. The van der Waals surface area contributed by atoms with Crippen LogP contribution in [0.3, 0.4) is 0 Å². The Bertz CT molecular complexity index is 930. The lowest BCUT2D eigenvalue weighted by Gasteiger charge is -2.25. The first kappa shape index (κ1) is 16.5. The van der Waals surface area contributed by atoms with Crippen LogP contribution in [-0.2, 0) is 11.3 Å². The number of likely N-dealkylation sites (tertiary alicyclic amines) is 1. The van der Waals surface area contributed by atoms with Gasteiger partial charge in [-0.05, 0) is 31.9 Å². The fourth-order valence-electron chi connectivity index (χ4n) is 3.71. The van der Waals surface area contributed by atoms with Gasteiger partial charge in [-0.1, -0.05) is 12.1 Å². The number of nitrogens with zero attached hydrogens (tertiary/aromatic N) is 5. The number of anilines is 1. The number of fused-ring (bicyclic) bond motifs is 1. The molecule has 2 aromatic heterocycles. The van der Waals surface area contributed by atoms with E-state index in [1.165, 1.54) is 0 Å². The molecule has 0 saturated carbocycles. The molecule has 1 fully saturated rings. The fourth-order valence-corrected chi connectivity index (χ4v) is 3.71. The van der Waals surface area contributed by atoms with Gasteiger partial charge in [0.15, 0.2) is 0 Å². The van der Waals surface area contributed by atoms with Crippen molar-refractivity contribution < 1.29 is 4.79 Å². The Morgan fingerprint density at radius 3 is 3.00 bits per heavy atom. The SMILES string of the molecule is Cc1nc(N)cc(C2CCCN2C(=O)CCn2cnc3ccccc32)n1. The predicted molar refractivity (Wildman–Crippen MR) is 99.2 cm³/mol. The van der Waals surface area contributed by atoms with Crippen LogP contribution in [0.4, 0.5) is 5.82 Å². The highest BCUT2D eigenvalue weighted by Gasteiger charge is 2.31.